The van der Waals surface area contributed by atoms with Gasteiger partial charge in [0.2, 0.25) is 0 Å². The summed E-state index contributed by atoms with van der Waals surface area (Å²) in [5.41, 5.74) is 5.59. The molecule has 1 aliphatic rings. The van der Waals surface area contributed by atoms with Crippen LogP contribution in [0.5, 0.6) is 0 Å². The van der Waals surface area contributed by atoms with Crippen LogP contribution in [0.1, 0.15) is 13.3 Å². The van der Waals surface area contributed by atoms with Gasteiger partial charge in [0.1, 0.15) is 5.82 Å². The quantitative estimate of drug-likeness (QED) is 0.805. The van der Waals surface area contributed by atoms with Crippen LogP contribution in [0.3, 0.4) is 0 Å². The molecule has 78 valence electrons. The normalized spacial score (nSPS) is 22.6. The highest BCUT2D eigenvalue weighted by Crippen LogP contribution is 2.23. The summed E-state index contributed by atoms with van der Waals surface area (Å²) in [5, 5.41) is 2.90. The first-order chi connectivity index (χ1) is 6.79. The van der Waals surface area contributed by atoms with Gasteiger partial charge in [0.25, 0.3) is 0 Å². The van der Waals surface area contributed by atoms with E-state index in [1.807, 2.05) is 5.38 Å². The maximum Gasteiger partial charge on any atom is 0.187 e. The zero-order chi connectivity index (χ0) is 9.97. The van der Waals surface area contributed by atoms with E-state index in [0.717, 1.165) is 31.2 Å². The molecule has 1 aromatic rings. The number of hydrogen-bond donors (Lipinski definition) is 1. The number of nitrogens with zero attached hydrogens (tertiary/aromatic N) is 2. The lowest BCUT2D eigenvalue weighted by molar-refractivity contribution is 0.0384. The number of nitrogens with two attached hydrogens (primary N) is 1. The zero-order valence-corrected chi connectivity index (χ0v) is 9.09. The molecule has 1 unspecified atom stereocenters. The number of thiazole rings is 1. The van der Waals surface area contributed by atoms with E-state index in [9.17, 15) is 0 Å². The third-order valence-electron chi connectivity index (χ3n) is 2.37. The number of aromatic nitrogens is 1. The summed E-state index contributed by atoms with van der Waals surface area (Å²) >= 11 is 1.60. The Kier molecular flexibility index (Phi) is 2.88. The molecule has 0 amide bonds. The summed E-state index contributed by atoms with van der Waals surface area (Å²) in [6.07, 6.45) is 1.39. The van der Waals surface area contributed by atoms with Crippen LogP contribution < -0.4 is 10.6 Å². The molecule has 1 fully saturated rings. The standard InChI is InChI=1S/C9H15N3OS/c1-2-7-5-12(3-4-13-7)9-11-8(10)6-14-9/h6-7H,2-5,10H2,1H3. The summed E-state index contributed by atoms with van der Waals surface area (Å²) in [6.45, 7) is 4.79. The van der Waals surface area contributed by atoms with Crippen LogP contribution in [0.2, 0.25) is 0 Å². The first-order valence-corrected chi connectivity index (χ1v) is 5.75. The molecule has 0 bridgehead atoms. The van der Waals surface area contributed by atoms with Gasteiger partial charge in [-0.25, -0.2) is 4.98 Å². The van der Waals surface area contributed by atoms with Crippen LogP contribution in [0.25, 0.3) is 0 Å². The number of ether oxygens (including phenoxy) is 1. The highest BCUT2D eigenvalue weighted by Gasteiger charge is 2.20. The predicted molar refractivity (Wildman–Crippen MR) is 58.8 cm³/mol. The van der Waals surface area contributed by atoms with Crippen LogP contribution in [-0.2, 0) is 4.74 Å². The van der Waals surface area contributed by atoms with Crippen molar-refractivity contribution in [2.45, 2.75) is 19.4 Å². The lowest BCUT2D eigenvalue weighted by Crippen LogP contribution is -2.42. The van der Waals surface area contributed by atoms with Crippen LogP contribution >= 0.6 is 11.3 Å². The Labute approximate surface area is 87.7 Å². The molecular weight excluding hydrogens is 198 g/mol. The first-order valence-electron chi connectivity index (χ1n) is 4.87. The summed E-state index contributed by atoms with van der Waals surface area (Å²) in [4.78, 5) is 6.52. The Morgan fingerprint density at radius 1 is 1.79 bits per heavy atom. The topological polar surface area (TPSA) is 51.4 Å². The van der Waals surface area contributed by atoms with Crippen LogP contribution in [0.15, 0.2) is 5.38 Å². The average Bonchev–Trinajstić information content (AvgIpc) is 2.65. The Bertz CT molecular complexity index is 302. The molecule has 0 spiro atoms. The number of hydrogen-bond acceptors (Lipinski definition) is 5. The van der Waals surface area contributed by atoms with Crippen molar-refractivity contribution in [3.63, 3.8) is 0 Å². The molecule has 14 heavy (non-hydrogen) atoms. The molecule has 0 saturated carbocycles. The Balaban J connectivity index is 2.04. The van der Waals surface area contributed by atoms with E-state index in [1.165, 1.54) is 0 Å². The predicted octanol–water partition coefficient (Wildman–Crippen LogP) is 1.34. The second kappa shape index (κ2) is 4.14. The lowest BCUT2D eigenvalue weighted by atomic mass is 10.2. The molecule has 1 aromatic heterocycles. The Hall–Kier alpha value is -0.810. The van der Waals surface area contributed by atoms with Crippen LogP contribution in [0.4, 0.5) is 10.9 Å². The molecule has 4 nitrogen and oxygen atoms in total. The van der Waals surface area contributed by atoms with Gasteiger partial charge < -0.3 is 15.4 Å². The largest absolute Gasteiger partial charge is 0.383 e. The van der Waals surface area contributed by atoms with Crippen molar-refractivity contribution in [2.75, 3.05) is 30.3 Å². The molecule has 5 heteroatoms. The average molecular weight is 213 g/mol. The van der Waals surface area contributed by atoms with Crippen molar-refractivity contribution in [3.05, 3.63) is 5.38 Å². The van der Waals surface area contributed by atoms with Gasteiger partial charge in [-0.05, 0) is 6.42 Å². The second-order valence-electron chi connectivity index (χ2n) is 3.40. The highest BCUT2D eigenvalue weighted by atomic mass is 32.1. The van der Waals surface area contributed by atoms with Crippen molar-refractivity contribution < 1.29 is 4.74 Å². The maximum absolute atomic E-state index is 5.59. The van der Waals surface area contributed by atoms with E-state index < -0.39 is 0 Å². The minimum atomic E-state index is 0.342. The summed E-state index contributed by atoms with van der Waals surface area (Å²) in [7, 11) is 0. The smallest absolute Gasteiger partial charge is 0.187 e. The molecule has 1 aliphatic heterocycles. The van der Waals surface area contributed by atoms with Crippen LogP contribution in [-0.4, -0.2) is 30.8 Å². The number of nitrogen functional groups attached to an aromatic ring is 1. The molecule has 2 heterocycles. The zero-order valence-electron chi connectivity index (χ0n) is 8.27. The summed E-state index contributed by atoms with van der Waals surface area (Å²) in [5.74, 6) is 0.615. The van der Waals surface area contributed by atoms with Crippen molar-refractivity contribution in [1.82, 2.24) is 4.98 Å². The van der Waals surface area contributed by atoms with Gasteiger partial charge in [0.05, 0.1) is 12.7 Å². The van der Waals surface area contributed by atoms with Gasteiger partial charge in [0.15, 0.2) is 5.13 Å². The third-order valence-corrected chi connectivity index (χ3v) is 3.29. The molecule has 2 N–H and O–H groups in total. The minimum Gasteiger partial charge on any atom is -0.383 e. The second-order valence-corrected chi connectivity index (χ2v) is 4.24. The van der Waals surface area contributed by atoms with Gasteiger partial charge in [-0.15, -0.1) is 11.3 Å². The van der Waals surface area contributed by atoms with Crippen molar-refractivity contribution >= 4 is 22.3 Å². The first kappa shape index (κ1) is 9.73. The SMILES string of the molecule is CCC1CN(c2nc(N)cs2)CCO1. The number of rotatable bonds is 2. The highest BCUT2D eigenvalue weighted by molar-refractivity contribution is 7.14. The van der Waals surface area contributed by atoms with Gasteiger partial charge in [0, 0.05) is 18.5 Å². The van der Waals surface area contributed by atoms with E-state index >= 15 is 0 Å². The molecule has 0 radical (unpaired) electrons. The molecule has 1 atom stereocenters. The van der Waals surface area contributed by atoms with Gasteiger partial charge in [-0.1, -0.05) is 6.92 Å². The van der Waals surface area contributed by atoms with E-state index in [4.69, 9.17) is 10.5 Å². The lowest BCUT2D eigenvalue weighted by Gasteiger charge is -2.32. The fourth-order valence-corrected chi connectivity index (χ4v) is 2.31. The summed E-state index contributed by atoms with van der Waals surface area (Å²) < 4.78 is 5.59. The molecular formula is C9H15N3OS. The van der Waals surface area contributed by atoms with Crippen LogP contribution in [0, 0.1) is 0 Å². The van der Waals surface area contributed by atoms with Crippen molar-refractivity contribution in [3.8, 4) is 0 Å². The number of morpholine rings is 1. The third kappa shape index (κ3) is 1.99. The Morgan fingerprint density at radius 3 is 3.29 bits per heavy atom. The van der Waals surface area contributed by atoms with E-state index in [1.54, 1.807) is 11.3 Å². The molecule has 0 aromatic carbocycles. The van der Waals surface area contributed by atoms with E-state index in [2.05, 4.69) is 16.8 Å². The Morgan fingerprint density at radius 2 is 2.64 bits per heavy atom. The maximum atomic E-state index is 5.59. The van der Waals surface area contributed by atoms with Crippen molar-refractivity contribution in [1.29, 1.82) is 0 Å². The fraction of sp³-hybridized carbons (Fsp3) is 0.667. The van der Waals surface area contributed by atoms with E-state index in [-0.39, 0.29) is 0 Å². The van der Waals surface area contributed by atoms with Gasteiger partial charge in [-0.3, -0.25) is 0 Å². The summed E-state index contributed by atoms with van der Waals surface area (Å²) in [6, 6.07) is 0. The molecule has 0 aliphatic carbocycles. The number of anilines is 2. The van der Waals surface area contributed by atoms with Gasteiger partial charge >= 0.3 is 0 Å². The van der Waals surface area contributed by atoms with Gasteiger partial charge in [-0.2, -0.15) is 0 Å². The minimum absolute atomic E-state index is 0.342. The molecule has 2 rings (SSSR count). The molecule has 1 saturated heterocycles. The monoisotopic (exact) mass is 213 g/mol. The van der Waals surface area contributed by atoms with E-state index in [0.29, 0.717) is 11.9 Å². The van der Waals surface area contributed by atoms with Crippen molar-refractivity contribution in [2.24, 2.45) is 0 Å². The fourth-order valence-electron chi connectivity index (χ4n) is 1.56.